The topological polar surface area (TPSA) is 553 Å². The van der Waals surface area contributed by atoms with E-state index >= 15 is 0 Å². The summed E-state index contributed by atoms with van der Waals surface area (Å²) in [5.41, 5.74) is 12.6. The van der Waals surface area contributed by atoms with Crippen LogP contribution in [0.25, 0.3) is 34.2 Å². The normalized spacial score (nSPS) is 14.3. The third-order valence-corrected chi connectivity index (χ3v) is 21.1. The fourth-order valence-corrected chi connectivity index (χ4v) is 14.0. The lowest BCUT2D eigenvalue weighted by Gasteiger charge is -2.39. The number of amides is 3. The van der Waals surface area contributed by atoms with Gasteiger partial charge in [0.1, 0.15) is 36.4 Å². The number of aromatic nitrogens is 20. The third kappa shape index (κ3) is 25.0. The van der Waals surface area contributed by atoms with Gasteiger partial charge in [0.2, 0.25) is 0 Å². The van der Waals surface area contributed by atoms with E-state index < -0.39 is 54.3 Å². The minimum Gasteiger partial charge on any atom is -0.494 e. The summed E-state index contributed by atoms with van der Waals surface area (Å²) in [6, 6.07) is 36.8. The van der Waals surface area contributed by atoms with Crippen LogP contribution in [-0.2, 0) is 30.6 Å². The summed E-state index contributed by atoms with van der Waals surface area (Å²) in [6.07, 6.45) is 13.0. The molecule has 4 fully saturated rings. The van der Waals surface area contributed by atoms with Crippen LogP contribution in [0, 0.1) is 37.9 Å². The number of nitrogens with one attached hydrogen (secondary N) is 8. The van der Waals surface area contributed by atoms with Crippen LogP contribution in [0.1, 0.15) is 57.6 Å². The van der Waals surface area contributed by atoms with Gasteiger partial charge in [-0.15, -0.1) is 30.6 Å². The smallest absolute Gasteiger partial charge is 0.363 e. The lowest BCUT2D eigenvalue weighted by Crippen LogP contribution is -2.51. The molecule has 4 saturated heterocycles. The number of nitrogens with two attached hydrogens (primary N) is 1. The zero-order valence-electron chi connectivity index (χ0n) is 84.6. The molecule has 18 rings (SSSR count). The van der Waals surface area contributed by atoms with E-state index in [9.17, 15) is 39.0 Å². The molecular formula is C89H99ClFN35O12. The first-order chi connectivity index (χ1) is 70.0. The molecular weight excluding hydrogens is 1810 g/mol. The largest absolute Gasteiger partial charge is 0.494 e. The Balaban J connectivity index is 0.000000157. The number of hydrogen-bond donors (Lipinski definition) is 9. The predicted octanol–water partition coefficient (Wildman–Crippen LogP) is 10.4. The molecule has 14 aromatic rings. The van der Waals surface area contributed by atoms with Crippen molar-refractivity contribution >= 4 is 127 Å². The number of hydrogen-bond acceptors (Lipinski definition) is 39. The molecule has 0 atom stereocenters. The molecule has 15 heterocycles. The zero-order valence-corrected chi connectivity index (χ0v) is 76.4. The van der Waals surface area contributed by atoms with Gasteiger partial charge in [0.25, 0.3) is 17.7 Å². The predicted molar refractivity (Wildman–Crippen MR) is 514 cm³/mol. The number of pyridine rings is 5. The van der Waals surface area contributed by atoms with E-state index in [1.54, 1.807) is 160 Å². The number of rotatable bonds is 27. The summed E-state index contributed by atoms with van der Waals surface area (Å²) in [7, 11) is 13.2. The maximum Gasteiger partial charge on any atom is 0.363 e. The van der Waals surface area contributed by atoms with Crippen molar-refractivity contribution in [1.82, 2.24) is 116 Å². The maximum absolute atomic E-state index is 12.8. The molecule has 0 spiro atoms. The van der Waals surface area contributed by atoms with Gasteiger partial charge in [0.15, 0.2) is 86.8 Å². The monoisotopic (exact) mass is 1910 g/mol. The van der Waals surface area contributed by atoms with Crippen LogP contribution < -0.4 is 82.1 Å². The van der Waals surface area contributed by atoms with Crippen molar-refractivity contribution in [2.75, 3.05) is 161 Å². The highest BCUT2D eigenvalue weighted by atomic mass is 35.5. The quantitative estimate of drug-likeness (QED) is 0.0171. The number of anilines is 15. The van der Waals surface area contributed by atoms with Crippen molar-refractivity contribution in [3.63, 3.8) is 0 Å². The van der Waals surface area contributed by atoms with Gasteiger partial charge in [-0.1, -0.05) is 43.6 Å². The number of carbonyl (C=O) groups is 3. The number of methoxy groups -OCH3 is 5. The molecule has 0 aliphatic carbocycles. The average molecular weight is 1910 g/mol. The summed E-state index contributed by atoms with van der Waals surface area (Å²) in [5, 5.41) is 78.1. The van der Waals surface area contributed by atoms with E-state index in [1.165, 1.54) is 39.7 Å². The second-order valence-electron chi connectivity index (χ2n) is 30.8. The standard InChI is InChI=1S/2C25H28N10O2.C16H16ClN7O2.C9H11N3O3.C9H13N3O.C5H3FN2O2/c2*1-15-12-35(13-15)16-8-9-20(27-11-16)30-21-10-19(22(32-31-21)25(36)26-2)29-18-7-5-6-17(23(18)37-4)24-28-14-34(3)33-24;1-18-16(25)13-11(7-12(17)21-22-13)20-10-6-4-5-9(14(10)26-3)15-19-8-24(2)23-15;1-15-8-5-11(6-8)7-2-3-9(10-4-7)12(13)14;1-13-8-5-12(6-8)7-2-3-9(10)11-4-7;6-4-1-2-5(7-3-4)8(9)10/h2*5-11,14-15H,12-13H2,1-4H3,(H,26,36)(H2,27,29,30,31);4-8H,1-3H3,(H,18,25)(H,20,21);2-4,8H,5-6H2,1H3;2-4,8H,5-6H2,1H3,(H2,10,11);1-3H/i2*2D3;1D3;;;. The van der Waals surface area contributed by atoms with E-state index in [0.717, 1.165) is 93.4 Å². The summed E-state index contributed by atoms with van der Waals surface area (Å²) in [4.78, 5) is 98.6. The molecule has 0 radical (unpaired) electrons. The molecule has 0 saturated carbocycles. The Hall–Kier alpha value is -17.2. The molecule has 138 heavy (non-hydrogen) atoms. The van der Waals surface area contributed by atoms with Gasteiger partial charge >= 0.3 is 11.6 Å². The lowest BCUT2D eigenvalue weighted by atomic mass is 10.0. The number of nitro groups is 2. The van der Waals surface area contributed by atoms with Crippen LogP contribution >= 0.6 is 11.6 Å². The van der Waals surface area contributed by atoms with Crippen molar-refractivity contribution in [3.05, 3.63) is 232 Å². The number of benzene rings is 3. The zero-order chi connectivity index (χ0) is 106. The molecule has 0 unspecified atom stereocenters. The van der Waals surface area contributed by atoms with Gasteiger partial charge < -0.3 is 112 Å². The number of aryl methyl sites for hydroxylation is 3. The van der Waals surface area contributed by atoms with E-state index in [2.05, 4.69) is 146 Å². The molecule has 0 bridgehead atoms. The van der Waals surface area contributed by atoms with Gasteiger partial charge in [-0.2, -0.15) is 15.3 Å². The van der Waals surface area contributed by atoms with Crippen molar-refractivity contribution in [3.8, 4) is 51.4 Å². The summed E-state index contributed by atoms with van der Waals surface area (Å²) in [5.74, 6) is 2.27. The van der Waals surface area contributed by atoms with Crippen molar-refractivity contribution in [2.45, 2.75) is 26.1 Å². The van der Waals surface area contributed by atoms with Crippen molar-refractivity contribution in [1.29, 1.82) is 0 Å². The molecule has 3 aromatic carbocycles. The molecule has 47 nitrogen and oxygen atoms in total. The Kier molecular flexibility index (Phi) is 28.7. The van der Waals surface area contributed by atoms with Gasteiger partial charge in [-0.25, -0.2) is 34.3 Å². The van der Waals surface area contributed by atoms with Crippen LogP contribution in [0.2, 0.25) is 5.15 Å². The summed E-state index contributed by atoms with van der Waals surface area (Å²) >= 11 is 5.91. The molecule has 3 amide bonds. The van der Waals surface area contributed by atoms with Crippen LogP contribution in [0.15, 0.2) is 183 Å². The Morgan fingerprint density at radius 3 is 1.07 bits per heavy atom. The first kappa shape index (κ1) is 86.2. The molecule has 10 N–H and O–H groups in total. The number of nitrogen functional groups attached to an aromatic ring is 1. The van der Waals surface area contributed by atoms with Crippen molar-refractivity contribution < 1.29 is 64.6 Å². The molecule has 11 aromatic heterocycles. The van der Waals surface area contributed by atoms with Crippen molar-refractivity contribution in [2.24, 2.45) is 33.0 Å². The highest BCUT2D eigenvalue weighted by Crippen LogP contribution is 2.42. The summed E-state index contributed by atoms with van der Waals surface area (Å²) in [6.45, 7) is 3.80. The van der Waals surface area contributed by atoms with Gasteiger partial charge in [-0.05, 0) is 117 Å². The SMILES string of the molecule is COC1CN(c2ccc(N)nc2)C1.COC1CN(c2ccc([N+](=O)[O-])nc2)C1.O=[N+]([O-])c1ccc(F)cn1.[2H]C([2H])([2H])NC(=O)c1nnc(Cl)cc1Nc1cccc(-c2ncn(C)n2)c1OC.[2H]C([2H])([2H])NC(=O)c1nnc(Nc2ccc(N3CC(C)C3)cn2)cc1Nc1cccc(-c2ncn(C)n2)c1OC.[2H]C([2H])([2H])NC(=O)c1nnc(Nc2ccc(N3CC(C)C3)cn2)cc1Nc1cccc(-c2ncn(C)n2)c1OC. The minimum atomic E-state index is -2.71. The fraction of sp³-hybridized carbons (Fsp3) is 0.281. The van der Waals surface area contributed by atoms with E-state index in [-0.39, 0.29) is 68.7 Å². The lowest BCUT2D eigenvalue weighted by molar-refractivity contribution is -0.389. The number of nitrogens with zero attached hydrogens (tertiary/aromatic N) is 26. The van der Waals surface area contributed by atoms with E-state index in [0.29, 0.717) is 104 Å². The Labute approximate surface area is 806 Å². The van der Waals surface area contributed by atoms with Gasteiger partial charge in [0, 0.05) is 151 Å². The van der Waals surface area contributed by atoms with Crippen LogP contribution in [0.3, 0.4) is 0 Å². The average Bonchev–Trinajstić information content (AvgIpc) is 1.50. The fourth-order valence-electron chi connectivity index (χ4n) is 13.9. The summed E-state index contributed by atoms with van der Waals surface area (Å²) < 4.78 is 110. The first-order valence-electron chi connectivity index (χ1n) is 46.3. The number of para-hydroxylation sites is 3. The Morgan fingerprint density at radius 1 is 0.420 bits per heavy atom. The molecule has 4 aliphatic heterocycles. The minimum absolute atomic E-state index is 0.0134. The Morgan fingerprint density at radius 2 is 0.768 bits per heavy atom. The molecule has 716 valence electrons. The second kappa shape index (κ2) is 46.0. The highest BCUT2D eigenvalue weighted by Gasteiger charge is 2.31. The first-order valence-corrected chi connectivity index (χ1v) is 42.2. The van der Waals surface area contributed by atoms with E-state index in [4.69, 9.17) is 53.4 Å². The highest BCUT2D eigenvalue weighted by molar-refractivity contribution is 6.29. The van der Waals surface area contributed by atoms with E-state index in [1.807, 2.05) is 52.3 Å². The second-order valence-corrected chi connectivity index (χ2v) is 31.2. The van der Waals surface area contributed by atoms with Crippen LogP contribution in [0.4, 0.5) is 102 Å². The Bertz CT molecular complexity index is 6680. The number of carbonyl (C=O) groups excluding carboxylic acids is 3. The van der Waals surface area contributed by atoms with Gasteiger partial charge in [0.05, 0.1) is 126 Å². The van der Waals surface area contributed by atoms with Crippen LogP contribution in [0.5, 0.6) is 17.2 Å². The third-order valence-electron chi connectivity index (χ3n) is 20.9. The molecule has 4 aliphatic rings. The van der Waals surface area contributed by atoms with Gasteiger partial charge in [-0.3, -0.25) is 28.4 Å². The number of halogens is 2. The number of ether oxygens (including phenoxy) is 5. The van der Waals surface area contributed by atoms with Crippen LogP contribution in [-0.4, -0.2) is 248 Å². The maximum atomic E-state index is 12.8. The molecule has 49 heteroatoms.